The lowest BCUT2D eigenvalue weighted by Gasteiger charge is -2.28. The highest BCUT2D eigenvalue weighted by Gasteiger charge is 2.34. The van der Waals surface area contributed by atoms with Crippen molar-refractivity contribution in [2.24, 2.45) is 11.8 Å². The van der Waals surface area contributed by atoms with Crippen LogP contribution in [0.15, 0.2) is 30.3 Å². The standard InChI is InChI=1S/C32H39F5N2O7/c1-16(2)12-19(21(40)13-17(3)14-22(41)45-29-26(36)24(34)23(33)25(35)27(29)37)38-30(43)28(42)20(15-18-10-8-7-9-11-18)39-31(44)46-32(4,5)6/h7-11,16-17,19-20,28,42H,12-15H2,1-6H3,(H,38,43)(H,39,44). The third-order valence-electron chi connectivity index (χ3n) is 6.51. The van der Waals surface area contributed by atoms with Crippen LogP contribution in [0.4, 0.5) is 26.7 Å². The summed E-state index contributed by atoms with van der Waals surface area (Å²) < 4.78 is 77.7. The minimum absolute atomic E-state index is 0.0413. The molecule has 3 N–H and O–H groups in total. The maximum absolute atomic E-state index is 13.9. The van der Waals surface area contributed by atoms with Crippen LogP contribution in [0.3, 0.4) is 0 Å². The highest BCUT2D eigenvalue weighted by molar-refractivity contribution is 5.91. The van der Waals surface area contributed by atoms with Gasteiger partial charge in [0, 0.05) is 12.8 Å². The Hall–Kier alpha value is -4.07. The highest BCUT2D eigenvalue weighted by Crippen LogP contribution is 2.30. The number of hydrogen-bond acceptors (Lipinski definition) is 7. The molecule has 2 rings (SSSR count). The molecule has 4 atom stereocenters. The number of halogens is 5. The van der Waals surface area contributed by atoms with Gasteiger partial charge in [-0.2, -0.15) is 8.78 Å². The van der Waals surface area contributed by atoms with Gasteiger partial charge in [-0.3, -0.25) is 14.4 Å². The molecule has 4 unspecified atom stereocenters. The zero-order valence-corrected chi connectivity index (χ0v) is 26.4. The molecular formula is C32H39F5N2O7. The number of carbonyl (C=O) groups is 4. The quantitative estimate of drug-likeness (QED) is 0.0826. The van der Waals surface area contributed by atoms with Crippen molar-refractivity contribution in [2.45, 2.75) is 91.0 Å². The number of benzene rings is 2. The van der Waals surface area contributed by atoms with Gasteiger partial charge in [-0.05, 0) is 51.0 Å². The minimum Gasteiger partial charge on any atom is -0.444 e. The fraction of sp³-hybridized carbons (Fsp3) is 0.500. The van der Waals surface area contributed by atoms with Crippen molar-refractivity contribution in [3.8, 4) is 5.75 Å². The summed E-state index contributed by atoms with van der Waals surface area (Å²) in [4.78, 5) is 51.2. The monoisotopic (exact) mass is 658 g/mol. The van der Waals surface area contributed by atoms with E-state index in [9.17, 15) is 46.2 Å². The predicted molar refractivity (Wildman–Crippen MR) is 156 cm³/mol. The van der Waals surface area contributed by atoms with Gasteiger partial charge in [-0.1, -0.05) is 51.1 Å². The number of aliphatic hydroxyl groups is 1. The fourth-order valence-electron chi connectivity index (χ4n) is 4.42. The molecule has 0 fully saturated rings. The molecule has 0 aliphatic heterocycles. The van der Waals surface area contributed by atoms with E-state index in [2.05, 4.69) is 15.4 Å². The van der Waals surface area contributed by atoms with E-state index in [0.29, 0.717) is 5.56 Å². The van der Waals surface area contributed by atoms with Crippen molar-refractivity contribution in [3.63, 3.8) is 0 Å². The molecule has 2 amide bonds. The van der Waals surface area contributed by atoms with Crippen molar-refractivity contribution in [1.82, 2.24) is 10.6 Å². The average Bonchev–Trinajstić information content (AvgIpc) is 2.95. The van der Waals surface area contributed by atoms with Gasteiger partial charge in [-0.25, -0.2) is 18.0 Å². The molecule has 0 radical (unpaired) electrons. The molecule has 0 heterocycles. The Kier molecular flexibility index (Phi) is 13.7. The van der Waals surface area contributed by atoms with Crippen molar-refractivity contribution in [2.75, 3.05) is 0 Å². The molecule has 2 aromatic carbocycles. The molecule has 0 aliphatic carbocycles. The van der Waals surface area contributed by atoms with E-state index in [0.717, 1.165) is 0 Å². The van der Waals surface area contributed by atoms with E-state index in [1.807, 2.05) is 0 Å². The van der Waals surface area contributed by atoms with Gasteiger partial charge in [0.25, 0.3) is 5.91 Å². The van der Waals surface area contributed by atoms with Crippen LogP contribution in [-0.2, 0) is 25.5 Å². The van der Waals surface area contributed by atoms with Crippen LogP contribution < -0.4 is 15.4 Å². The minimum atomic E-state index is -2.41. The molecule has 254 valence electrons. The molecule has 2 aromatic rings. The number of aliphatic hydroxyl groups excluding tert-OH is 1. The normalized spacial score (nSPS) is 14.2. The number of ether oxygens (including phenoxy) is 2. The third-order valence-corrected chi connectivity index (χ3v) is 6.51. The molecular weight excluding hydrogens is 619 g/mol. The molecule has 0 saturated carbocycles. The summed E-state index contributed by atoms with van der Waals surface area (Å²) >= 11 is 0. The second kappa shape index (κ2) is 16.5. The topological polar surface area (TPSA) is 131 Å². The maximum atomic E-state index is 13.9. The third kappa shape index (κ3) is 11.4. The number of amides is 2. The molecule has 46 heavy (non-hydrogen) atoms. The first-order chi connectivity index (χ1) is 21.3. The van der Waals surface area contributed by atoms with Crippen molar-refractivity contribution in [1.29, 1.82) is 0 Å². The first kappa shape index (κ1) is 38.1. The Morgan fingerprint density at radius 2 is 1.37 bits per heavy atom. The number of esters is 1. The summed E-state index contributed by atoms with van der Waals surface area (Å²) in [5.74, 6) is -17.2. The Balaban J connectivity index is 2.14. The van der Waals surface area contributed by atoms with Crippen molar-refractivity contribution >= 4 is 23.8 Å². The summed E-state index contributed by atoms with van der Waals surface area (Å²) in [5.41, 5.74) is -0.169. The Labute approximate surface area is 263 Å². The van der Waals surface area contributed by atoms with Crippen LogP contribution in [0.2, 0.25) is 0 Å². The summed E-state index contributed by atoms with van der Waals surface area (Å²) in [6, 6.07) is 6.42. The van der Waals surface area contributed by atoms with Crippen LogP contribution in [0, 0.1) is 40.9 Å². The first-order valence-electron chi connectivity index (χ1n) is 14.6. The van der Waals surface area contributed by atoms with Gasteiger partial charge < -0.3 is 25.2 Å². The van der Waals surface area contributed by atoms with E-state index < -0.39 is 94.7 Å². The van der Waals surface area contributed by atoms with Gasteiger partial charge in [0.15, 0.2) is 11.9 Å². The largest absolute Gasteiger partial charge is 0.444 e. The molecule has 0 aromatic heterocycles. The molecule has 0 saturated heterocycles. The number of ketones is 1. The van der Waals surface area contributed by atoms with E-state index in [-0.39, 0.29) is 25.2 Å². The second-order valence-electron chi connectivity index (χ2n) is 12.4. The average molecular weight is 659 g/mol. The summed E-state index contributed by atoms with van der Waals surface area (Å²) in [6.45, 7) is 9.88. The summed E-state index contributed by atoms with van der Waals surface area (Å²) in [6.07, 6.45) is -3.52. The van der Waals surface area contributed by atoms with E-state index in [1.165, 1.54) is 6.92 Å². The second-order valence-corrected chi connectivity index (χ2v) is 12.4. The lowest BCUT2D eigenvalue weighted by molar-refractivity contribution is -0.137. The molecule has 0 spiro atoms. The first-order valence-corrected chi connectivity index (χ1v) is 14.6. The van der Waals surface area contributed by atoms with E-state index >= 15 is 0 Å². The number of nitrogens with one attached hydrogen (secondary N) is 2. The Bertz CT molecular complexity index is 1370. The van der Waals surface area contributed by atoms with E-state index in [4.69, 9.17) is 4.74 Å². The Morgan fingerprint density at radius 1 is 0.826 bits per heavy atom. The molecule has 14 heteroatoms. The number of hydrogen-bond donors (Lipinski definition) is 3. The number of rotatable bonds is 14. The number of alkyl carbamates (subject to hydrolysis) is 1. The van der Waals surface area contributed by atoms with Gasteiger partial charge in [0.1, 0.15) is 5.60 Å². The lowest BCUT2D eigenvalue weighted by atomic mass is 9.92. The summed E-state index contributed by atoms with van der Waals surface area (Å²) in [7, 11) is 0. The van der Waals surface area contributed by atoms with E-state index in [1.54, 1.807) is 65.0 Å². The van der Waals surface area contributed by atoms with Gasteiger partial charge >= 0.3 is 12.1 Å². The SMILES string of the molecule is CC(C)CC(NC(=O)C(O)C(Cc1ccccc1)NC(=O)OC(C)(C)C)C(=O)CC(C)CC(=O)Oc1c(F)c(F)c(F)c(F)c1F. The van der Waals surface area contributed by atoms with Crippen LogP contribution in [0.5, 0.6) is 5.75 Å². The van der Waals surface area contributed by atoms with Crippen LogP contribution in [0.1, 0.15) is 66.4 Å². The smallest absolute Gasteiger partial charge is 0.407 e. The summed E-state index contributed by atoms with van der Waals surface area (Å²) in [5, 5.41) is 16.0. The highest BCUT2D eigenvalue weighted by atomic mass is 19.2. The zero-order valence-electron chi connectivity index (χ0n) is 26.4. The van der Waals surface area contributed by atoms with Crippen LogP contribution in [0.25, 0.3) is 0 Å². The zero-order chi connectivity index (χ0) is 34.9. The van der Waals surface area contributed by atoms with Gasteiger partial charge in [0.2, 0.25) is 34.8 Å². The molecule has 0 bridgehead atoms. The van der Waals surface area contributed by atoms with Crippen LogP contribution in [-0.4, -0.2) is 52.6 Å². The number of Topliss-reactive ketones (excluding diaryl/α,β-unsaturated/α-hetero) is 1. The predicted octanol–water partition coefficient (Wildman–Crippen LogP) is 5.30. The van der Waals surface area contributed by atoms with Gasteiger partial charge in [-0.15, -0.1) is 0 Å². The molecule has 9 nitrogen and oxygen atoms in total. The molecule has 0 aliphatic rings. The fourth-order valence-corrected chi connectivity index (χ4v) is 4.42. The lowest BCUT2D eigenvalue weighted by Crippen LogP contribution is -2.55. The van der Waals surface area contributed by atoms with Crippen molar-refractivity contribution in [3.05, 3.63) is 65.0 Å². The van der Waals surface area contributed by atoms with Crippen molar-refractivity contribution < 1.29 is 55.7 Å². The van der Waals surface area contributed by atoms with Crippen LogP contribution >= 0.6 is 0 Å². The maximum Gasteiger partial charge on any atom is 0.407 e. The number of carbonyl (C=O) groups excluding carboxylic acids is 4. The Morgan fingerprint density at radius 3 is 1.89 bits per heavy atom. The van der Waals surface area contributed by atoms with Gasteiger partial charge in [0.05, 0.1) is 12.1 Å².